The molecule has 0 fully saturated rings. The van der Waals surface area contributed by atoms with Crippen LogP contribution in [0.4, 0.5) is 11.4 Å². The van der Waals surface area contributed by atoms with Gasteiger partial charge in [0.1, 0.15) is 0 Å². The van der Waals surface area contributed by atoms with Crippen molar-refractivity contribution in [3.05, 3.63) is 58.7 Å². The normalized spacial score (nSPS) is 8.69. The summed E-state index contributed by atoms with van der Waals surface area (Å²) in [6, 6.07) is 6.57. The maximum Gasteiger partial charge on any atom is 1.00 e. The molecular weight excluding hydrogens is 491 g/mol. The fourth-order valence-corrected chi connectivity index (χ4v) is 2.24. The van der Waals surface area contributed by atoms with Crippen molar-refractivity contribution < 1.29 is 245 Å². The van der Waals surface area contributed by atoms with Gasteiger partial charge in [-0.1, -0.05) is 24.3 Å². The summed E-state index contributed by atoms with van der Waals surface area (Å²) in [5.74, 6) is -7.28. The molecule has 2 aromatic rings. The zero-order chi connectivity index (χ0) is 18.7. The van der Waals surface area contributed by atoms with Crippen LogP contribution in [-0.2, 0) is 0 Å². The van der Waals surface area contributed by atoms with Crippen molar-refractivity contribution in [2.45, 2.75) is 0 Å². The van der Waals surface area contributed by atoms with Gasteiger partial charge in [0.2, 0.25) is 0 Å². The van der Waals surface area contributed by atoms with E-state index in [1.54, 1.807) is 0 Å². The van der Waals surface area contributed by atoms with E-state index in [-0.39, 0.29) is 217 Å². The van der Waals surface area contributed by atoms with E-state index >= 15 is 0 Å². The summed E-state index contributed by atoms with van der Waals surface area (Å²) in [7, 11) is 0. The Morgan fingerprint density at radius 1 is 0.552 bits per heavy atom. The van der Waals surface area contributed by atoms with Gasteiger partial charge >= 0.3 is 206 Å². The molecule has 13 heteroatoms. The van der Waals surface area contributed by atoms with Gasteiger partial charge in [-0.05, 0) is 12.1 Å². The summed E-state index contributed by atoms with van der Waals surface area (Å²) < 4.78 is 0. The Hall–Kier alpha value is 2.67. The van der Waals surface area contributed by atoms with Crippen LogP contribution in [0.3, 0.4) is 0 Å². The topological polar surface area (TPSA) is 173 Å². The summed E-state index contributed by atoms with van der Waals surface area (Å²) in [5.41, 5.74) is -3.64. The summed E-state index contributed by atoms with van der Waals surface area (Å²) in [6.07, 6.45) is 0. The first-order valence-electron chi connectivity index (χ1n) is 6.62. The van der Waals surface area contributed by atoms with Gasteiger partial charge in [-0.15, -0.1) is 0 Å². The second kappa shape index (κ2) is 17.2. The van der Waals surface area contributed by atoms with E-state index in [0.717, 1.165) is 24.3 Å². The van der Waals surface area contributed by atoms with E-state index in [4.69, 9.17) is 0 Å². The van der Waals surface area contributed by atoms with Crippen LogP contribution >= 0.6 is 0 Å². The van der Waals surface area contributed by atoms with Crippen molar-refractivity contribution in [3.8, 4) is 0 Å². The van der Waals surface area contributed by atoms with Crippen molar-refractivity contribution in [2.75, 3.05) is 5.32 Å². The van der Waals surface area contributed by atoms with Gasteiger partial charge in [-0.3, -0.25) is 0 Å². The average molecular weight is 498 g/mol. The van der Waals surface area contributed by atoms with Crippen LogP contribution in [0.15, 0.2) is 36.4 Å². The number of aromatic carboxylic acids is 4. The molecule has 128 valence electrons. The van der Waals surface area contributed by atoms with E-state index in [0.29, 0.717) is 0 Å². The summed E-state index contributed by atoms with van der Waals surface area (Å²) in [4.78, 5) is 44.6. The van der Waals surface area contributed by atoms with Crippen molar-refractivity contribution in [1.82, 2.24) is 0 Å². The van der Waals surface area contributed by atoms with Gasteiger partial charge in [0.15, 0.2) is 0 Å². The zero-order valence-electron chi connectivity index (χ0n) is 16.2. The van der Waals surface area contributed by atoms with Crippen LogP contribution in [0.1, 0.15) is 41.4 Å². The molecule has 0 atom stereocenters. The fraction of sp³-hybridized carbons (Fsp3) is 0. The Labute approximate surface area is 335 Å². The van der Waals surface area contributed by atoms with Crippen molar-refractivity contribution >= 4 is 35.3 Å². The maximum atomic E-state index is 11.3. The van der Waals surface area contributed by atoms with Crippen LogP contribution in [0.2, 0.25) is 0 Å². The first kappa shape index (κ1) is 36.2. The number of carbonyl (C=O) groups is 4. The predicted octanol–water partition coefficient (Wildman–Crippen LogP) is -15.1. The first-order valence-corrected chi connectivity index (χ1v) is 6.62. The van der Waals surface area contributed by atoms with E-state index in [1.807, 2.05) is 0 Å². The van der Waals surface area contributed by atoms with Gasteiger partial charge in [-0.25, -0.2) is 0 Å². The molecule has 0 aromatic heterocycles. The number of nitrogens with one attached hydrogen (secondary N) is 1. The van der Waals surface area contributed by atoms with E-state index < -0.39 is 46.1 Å². The molecule has 0 aliphatic carbocycles. The monoisotopic (exact) mass is 497 g/mol. The number of hydrogen-bond acceptors (Lipinski definition) is 9. The van der Waals surface area contributed by atoms with E-state index in [1.165, 1.54) is 12.1 Å². The second-order valence-corrected chi connectivity index (χ2v) is 4.73. The SMILES string of the molecule is O=C([O-])c1cccc(Nc2cccc(C(=O)[O-])c2C(=O)[O-])c1C(=O)[O-].[K+].[K+].[K+].[K+]. The number of carboxylic acid groups (broad SMARTS) is 4. The molecule has 9 nitrogen and oxygen atoms in total. The van der Waals surface area contributed by atoms with Crippen LogP contribution in [0.25, 0.3) is 0 Å². The molecule has 29 heavy (non-hydrogen) atoms. The molecule has 2 rings (SSSR count). The van der Waals surface area contributed by atoms with Crippen LogP contribution in [0, 0.1) is 0 Å². The number of hydrogen-bond donors (Lipinski definition) is 1. The Balaban J connectivity index is -0.00000169. The molecule has 0 bridgehead atoms. The Kier molecular flexibility index (Phi) is 21.4. The van der Waals surface area contributed by atoms with Gasteiger partial charge in [0.05, 0.1) is 23.9 Å². The zero-order valence-corrected chi connectivity index (χ0v) is 28.7. The molecule has 0 spiro atoms. The van der Waals surface area contributed by atoms with Crippen LogP contribution in [0.5, 0.6) is 0 Å². The number of anilines is 2. The Bertz CT molecular complexity index is 846. The number of carbonyl (C=O) groups excluding carboxylic acids is 4. The standard InChI is InChI=1S/C16H11NO8.4K/c18-13(19)7-3-1-5-9(11(7)15(22)23)17-10-6-2-4-8(14(20)21)12(10)16(24)25;;;;/h1-6,17H,(H,18,19)(H,20,21)(H,22,23)(H,24,25);;;;/q;4*+1/p-4. The van der Waals surface area contributed by atoms with E-state index in [9.17, 15) is 39.6 Å². The van der Waals surface area contributed by atoms with Gasteiger partial charge in [-0.2, -0.15) is 0 Å². The first-order chi connectivity index (χ1) is 11.7. The second-order valence-electron chi connectivity index (χ2n) is 4.73. The van der Waals surface area contributed by atoms with Gasteiger partial charge in [0, 0.05) is 33.6 Å². The van der Waals surface area contributed by atoms with Crippen molar-refractivity contribution in [3.63, 3.8) is 0 Å². The molecular formula is C16H7K4NO8. The smallest absolute Gasteiger partial charge is 0.545 e. The van der Waals surface area contributed by atoms with Crippen LogP contribution in [-0.4, -0.2) is 23.9 Å². The summed E-state index contributed by atoms with van der Waals surface area (Å²) in [6.45, 7) is 0. The summed E-state index contributed by atoms with van der Waals surface area (Å²) in [5, 5.41) is 46.9. The molecule has 1 N–H and O–H groups in total. The Morgan fingerprint density at radius 2 is 0.862 bits per heavy atom. The maximum absolute atomic E-state index is 11.3. The third-order valence-electron chi connectivity index (χ3n) is 3.25. The minimum absolute atomic E-state index is 0. The van der Waals surface area contributed by atoms with Crippen molar-refractivity contribution in [1.29, 1.82) is 0 Å². The molecule has 2 aromatic carbocycles. The predicted molar refractivity (Wildman–Crippen MR) is 73.5 cm³/mol. The molecule has 0 radical (unpaired) electrons. The van der Waals surface area contributed by atoms with Crippen molar-refractivity contribution in [2.24, 2.45) is 0 Å². The third kappa shape index (κ3) is 9.82. The third-order valence-corrected chi connectivity index (χ3v) is 3.25. The number of benzene rings is 2. The molecule has 0 saturated carbocycles. The minimum Gasteiger partial charge on any atom is -0.545 e. The number of carboxylic acids is 4. The fourth-order valence-electron chi connectivity index (χ4n) is 2.24. The largest absolute Gasteiger partial charge is 1.00 e. The minimum atomic E-state index is -1.85. The molecule has 0 aliphatic rings. The number of rotatable bonds is 6. The van der Waals surface area contributed by atoms with Gasteiger partial charge in [0.25, 0.3) is 0 Å². The molecule has 0 amide bonds. The quantitative estimate of drug-likeness (QED) is 0.380. The molecule has 0 aliphatic heterocycles. The summed E-state index contributed by atoms with van der Waals surface area (Å²) >= 11 is 0. The molecule has 0 saturated heterocycles. The molecule has 0 heterocycles. The van der Waals surface area contributed by atoms with Gasteiger partial charge < -0.3 is 44.9 Å². The average Bonchev–Trinajstić information content (AvgIpc) is 2.53. The van der Waals surface area contributed by atoms with Crippen LogP contribution < -0.4 is 231 Å². The molecule has 0 unspecified atom stereocenters. The Morgan fingerprint density at radius 3 is 1.10 bits per heavy atom. The van der Waals surface area contributed by atoms with E-state index in [2.05, 4.69) is 5.32 Å².